The molecule has 0 fully saturated rings. The molecule has 3 rings (SSSR count). The summed E-state index contributed by atoms with van der Waals surface area (Å²) < 4.78 is 35.8. The van der Waals surface area contributed by atoms with Crippen LogP contribution in [0.1, 0.15) is 18.9 Å². The molecule has 0 spiro atoms. The first kappa shape index (κ1) is 17.8. The number of thiazole rings is 1. The van der Waals surface area contributed by atoms with Crippen molar-refractivity contribution in [2.45, 2.75) is 27.3 Å². The molecule has 2 aromatic carbocycles. The first-order chi connectivity index (χ1) is 10.9. The Hall–Kier alpha value is -1.54. The fourth-order valence-electron chi connectivity index (χ4n) is 2.46. The number of rotatable bonds is 3. The van der Waals surface area contributed by atoms with E-state index in [1.54, 1.807) is 0 Å². The summed E-state index contributed by atoms with van der Waals surface area (Å²) in [5.74, 6) is 0. The van der Waals surface area contributed by atoms with Crippen LogP contribution in [0.2, 0.25) is 0 Å². The summed E-state index contributed by atoms with van der Waals surface area (Å²) in [4.78, 5) is 0. The lowest BCUT2D eigenvalue weighted by Crippen LogP contribution is -2.33. The molecular weight excluding hydrogens is 334 g/mol. The number of nitrogens with zero attached hydrogens (tertiary/aromatic N) is 1. The quantitative estimate of drug-likeness (QED) is 0.412. The van der Waals surface area contributed by atoms with Crippen LogP contribution < -0.4 is 4.57 Å². The Morgan fingerprint density at radius 2 is 1.87 bits per heavy atom. The largest absolute Gasteiger partial charge is 0.726 e. The van der Waals surface area contributed by atoms with E-state index in [1.165, 1.54) is 32.9 Å². The van der Waals surface area contributed by atoms with Crippen molar-refractivity contribution in [2.75, 3.05) is 6.61 Å². The van der Waals surface area contributed by atoms with Crippen LogP contribution in [-0.2, 0) is 21.1 Å². The molecule has 0 aliphatic carbocycles. The molecule has 0 N–H and O–H groups in total. The molecular formula is C16H19NO4S2. The van der Waals surface area contributed by atoms with Crippen LogP contribution >= 0.6 is 11.3 Å². The van der Waals surface area contributed by atoms with E-state index >= 15 is 0 Å². The molecule has 0 aliphatic rings. The minimum absolute atomic E-state index is 0.0914. The first-order valence-corrected chi connectivity index (χ1v) is 9.43. The maximum absolute atomic E-state index is 9.45. The van der Waals surface area contributed by atoms with Crippen LogP contribution in [0.3, 0.4) is 0 Å². The van der Waals surface area contributed by atoms with Crippen molar-refractivity contribution in [3.8, 4) is 0 Å². The van der Waals surface area contributed by atoms with Gasteiger partial charge in [-0.05, 0) is 25.3 Å². The molecule has 5 nitrogen and oxygen atoms in total. The Bertz CT molecular complexity index is 916. The van der Waals surface area contributed by atoms with Gasteiger partial charge in [0.1, 0.15) is 11.2 Å². The van der Waals surface area contributed by atoms with Gasteiger partial charge in [0.25, 0.3) is 0 Å². The Labute approximate surface area is 140 Å². The summed E-state index contributed by atoms with van der Waals surface area (Å²) in [5, 5.41) is 4.09. The second kappa shape index (κ2) is 7.35. The molecule has 3 aromatic rings. The van der Waals surface area contributed by atoms with Gasteiger partial charge in [0.15, 0.2) is 0 Å². The predicted octanol–water partition coefficient (Wildman–Crippen LogP) is 3.15. The normalized spacial score (nSPS) is 11.5. The first-order valence-electron chi connectivity index (χ1n) is 7.28. The van der Waals surface area contributed by atoms with Crippen LogP contribution in [0.4, 0.5) is 0 Å². The Morgan fingerprint density at radius 3 is 2.43 bits per heavy atom. The maximum Gasteiger partial charge on any atom is 0.235 e. The standard InChI is InChI=1S/C14H14NS.C2H6O4S/c1-3-15-10(2)16-14-12-7-5-4-6-11(12)8-9-13(14)15;1-2-6-7(3,4)5/h4-9H,3H2,1-2H3;2H2,1H3,(H,3,4,5)/q+1;/p-1. The zero-order valence-corrected chi connectivity index (χ0v) is 14.9. The molecule has 0 atom stereocenters. The van der Waals surface area contributed by atoms with Gasteiger partial charge in [0.2, 0.25) is 20.9 Å². The zero-order valence-electron chi connectivity index (χ0n) is 13.3. The number of benzene rings is 2. The predicted molar refractivity (Wildman–Crippen MR) is 91.3 cm³/mol. The van der Waals surface area contributed by atoms with Gasteiger partial charge >= 0.3 is 0 Å². The number of aryl methyl sites for hydroxylation is 2. The molecule has 0 saturated heterocycles. The van der Waals surface area contributed by atoms with Crippen molar-refractivity contribution in [3.63, 3.8) is 0 Å². The van der Waals surface area contributed by atoms with Crippen molar-refractivity contribution in [1.29, 1.82) is 0 Å². The van der Waals surface area contributed by atoms with Gasteiger partial charge in [-0.15, -0.1) is 0 Å². The van der Waals surface area contributed by atoms with E-state index in [0.717, 1.165) is 6.54 Å². The van der Waals surface area contributed by atoms with Crippen LogP contribution in [0.25, 0.3) is 21.0 Å². The number of aromatic nitrogens is 1. The monoisotopic (exact) mass is 353 g/mol. The van der Waals surface area contributed by atoms with Gasteiger partial charge < -0.3 is 4.55 Å². The number of hydrogen-bond donors (Lipinski definition) is 0. The van der Waals surface area contributed by atoms with Gasteiger partial charge in [-0.2, -0.15) is 4.57 Å². The van der Waals surface area contributed by atoms with E-state index in [9.17, 15) is 13.0 Å². The molecule has 0 bridgehead atoms. The van der Waals surface area contributed by atoms with Crippen LogP contribution in [0.15, 0.2) is 36.4 Å². The summed E-state index contributed by atoms with van der Waals surface area (Å²) in [5.41, 5.74) is 1.36. The fraction of sp³-hybridized carbons (Fsp3) is 0.312. The summed E-state index contributed by atoms with van der Waals surface area (Å²) >= 11 is 1.90. The number of fused-ring (bicyclic) bond motifs is 3. The minimum atomic E-state index is -4.42. The Kier molecular flexibility index (Phi) is 5.69. The van der Waals surface area contributed by atoms with Crippen LogP contribution in [0.5, 0.6) is 0 Å². The van der Waals surface area contributed by atoms with E-state index < -0.39 is 10.4 Å². The van der Waals surface area contributed by atoms with Gasteiger partial charge in [-0.3, -0.25) is 4.18 Å². The summed E-state index contributed by atoms with van der Waals surface area (Å²) in [6, 6.07) is 13.1. The van der Waals surface area contributed by atoms with Crippen LogP contribution in [0, 0.1) is 6.92 Å². The third-order valence-corrected chi connectivity index (χ3v) is 5.03. The highest BCUT2D eigenvalue weighted by atomic mass is 32.3. The van der Waals surface area contributed by atoms with Crippen molar-refractivity contribution in [2.24, 2.45) is 0 Å². The van der Waals surface area contributed by atoms with Crippen molar-refractivity contribution >= 4 is 42.7 Å². The summed E-state index contributed by atoms with van der Waals surface area (Å²) in [6.45, 7) is 6.78. The fourth-order valence-corrected chi connectivity index (χ4v) is 3.96. The molecule has 0 saturated carbocycles. The lowest BCUT2D eigenvalue weighted by Gasteiger charge is -2.02. The van der Waals surface area contributed by atoms with Gasteiger partial charge in [-0.25, -0.2) is 8.42 Å². The molecule has 7 heteroatoms. The lowest BCUT2D eigenvalue weighted by molar-refractivity contribution is -0.669. The van der Waals surface area contributed by atoms with Crippen molar-refractivity contribution in [1.82, 2.24) is 0 Å². The summed E-state index contributed by atoms with van der Waals surface area (Å²) in [6.07, 6.45) is 0. The van der Waals surface area contributed by atoms with Crippen LogP contribution in [-0.4, -0.2) is 19.6 Å². The molecule has 0 aliphatic heterocycles. The highest BCUT2D eigenvalue weighted by molar-refractivity contribution is 7.80. The molecule has 0 unspecified atom stereocenters. The highest BCUT2D eigenvalue weighted by Gasteiger charge is 2.16. The maximum atomic E-state index is 9.45. The van der Waals surface area contributed by atoms with Crippen molar-refractivity contribution < 1.29 is 21.7 Å². The third-order valence-electron chi connectivity index (χ3n) is 3.36. The minimum Gasteiger partial charge on any atom is -0.726 e. The van der Waals surface area contributed by atoms with Gasteiger partial charge in [-0.1, -0.05) is 35.6 Å². The average Bonchev–Trinajstić information content (AvgIpc) is 2.82. The summed E-state index contributed by atoms with van der Waals surface area (Å²) in [7, 11) is -4.42. The van der Waals surface area contributed by atoms with E-state index in [1.807, 2.05) is 11.3 Å². The SMILES string of the molecule is CCOS(=O)(=O)[O-].CC[n+]1c(C)sc2c3ccccc3ccc21. The molecule has 0 radical (unpaired) electrons. The van der Waals surface area contributed by atoms with E-state index in [0.29, 0.717) is 0 Å². The molecule has 1 aromatic heterocycles. The molecule has 124 valence electrons. The smallest absolute Gasteiger partial charge is 0.235 e. The third kappa shape index (κ3) is 4.26. The zero-order chi connectivity index (χ0) is 17.0. The van der Waals surface area contributed by atoms with Gasteiger partial charge in [0, 0.05) is 18.4 Å². The molecule has 23 heavy (non-hydrogen) atoms. The van der Waals surface area contributed by atoms with Gasteiger partial charge in [0.05, 0.1) is 6.61 Å². The number of hydrogen-bond acceptors (Lipinski definition) is 5. The lowest BCUT2D eigenvalue weighted by atomic mass is 10.1. The van der Waals surface area contributed by atoms with E-state index in [4.69, 9.17) is 0 Å². The average molecular weight is 353 g/mol. The molecule has 0 amide bonds. The van der Waals surface area contributed by atoms with E-state index in [-0.39, 0.29) is 6.61 Å². The highest BCUT2D eigenvalue weighted by Crippen LogP contribution is 2.28. The topological polar surface area (TPSA) is 70.3 Å². The van der Waals surface area contributed by atoms with E-state index in [2.05, 4.69) is 59.0 Å². The Balaban J connectivity index is 0.000000236. The second-order valence-corrected chi connectivity index (χ2v) is 7.07. The second-order valence-electron chi connectivity index (χ2n) is 4.82. The van der Waals surface area contributed by atoms with Crippen molar-refractivity contribution in [3.05, 3.63) is 41.4 Å². The Morgan fingerprint density at radius 1 is 1.17 bits per heavy atom. The molecule has 1 heterocycles.